The molecule has 244 valence electrons. The van der Waals surface area contributed by atoms with Gasteiger partial charge in [0, 0.05) is 39.4 Å². The number of hydrogen-bond donors (Lipinski definition) is 0. The molecule has 0 radical (unpaired) electrons. The lowest BCUT2D eigenvalue weighted by molar-refractivity contribution is 0.672. The Morgan fingerprint density at radius 3 is 1.98 bits per heavy atom. The number of nitrogens with zero attached hydrogens (tertiary/aromatic N) is 2. The molecule has 0 unspecified atom stereocenters. The molecular weight excluding hydrogens is 633 g/mol. The highest BCUT2D eigenvalue weighted by Crippen LogP contribution is 2.44. The maximum absolute atomic E-state index is 6.51. The molecular formula is C49H32N2O. The first-order valence-corrected chi connectivity index (χ1v) is 17.6. The van der Waals surface area contributed by atoms with Crippen molar-refractivity contribution in [3.05, 3.63) is 194 Å². The molecule has 0 aliphatic heterocycles. The Hall–Kier alpha value is -6.97. The van der Waals surface area contributed by atoms with Gasteiger partial charge in [-0.2, -0.15) is 0 Å². The fraction of sp³-hybridized carbons (Fsp3) is 0. The smallest absolute Gasteiger partial charge is 0.144 e. The standard InChI is InChI=1S/C49H32N2O/c1-3-11-33(12-4-1)37-17-9-18-39(30-37)51(41-23-27-48-46(32-41)43-25-26-47-44(49(43)52-48)19-10-28-50-47)40-22-24-42(35-14-5-2-6-15-35)45(31-40)38-21-20-34-13-7-8-16-36(34)29-38/h1-32H. The van der Waals surface area contributed by atoms with Gasteiger partial charge < -0.3 is 9.32 Å². The van der Waals surface area contributed by atoms with E-state index in [0.29, 0.717) is 0 Å². The second-order valence-electron chi connectivity index (χ2n) is 13.2. The minimum atomic E-state index is 0.851. The molecule has 3 heteroatoms. The van der Waals surface area contributed by atoms with Crippen molar-refractivity contribution < 1.29 is 4.42 Å². The van der Waals surface area contributed by atoms with E-state index in [1.54, 1.807) is 0 Å². The third-order valence-electron chi connectivity index (χ3n) is 10.1. The molecule has 0 amide bonds. The zero-order chi connectivity index (χ0) is 34.4. The zero-order valence-corrected chi connectivity index (χ0v) is 28.3. The molecule has 52 heavy (non-hydrogen) atoms. The van der Waals surface area contributed by atoms with Crippen molar-refractivity contribution in [3.8, 4) is 33.4 Å². The van der Waals surface area contributed by atoms with Crippen molar-refractivity contribution in [2.24, 2.45) is 0 Å². The van der Waals surface area contributed by atoms with Crippen molar-refractivity contribution in [1.82, 2.24) is 4.98 Å². The zero-order valence-electron chi connectivity index (χ0n) is 28.3. The number of anilines is 3. The van der Waals surface area contributed by atoms with Gasteiger partial charge in [0.1, 0.15) is 11.2 Å². The Kier molecular flexibility index (Phi) is 7.14. The van der Waals surface area contributed by atoms with Gasteiger partial charge in [0.15, 0.2) is 0 Å². The predicted molar refractivity (Wildman–Crippen MR) is 218 cm³/mol. The summed E-state index contributed by atoms with van der Waals surface area (Å²) in [7, 11) is 0. The van der Waals surface area contributed by atoms with Crippen molar-refractivity contribution >= 4 is 60.7 Å². The summed E-state index contributed by atoms with van der Waals surface area (Å²) in [5.41, 5.74) is 12.9. The molecule has 10 aromatic rings. The Balaban J connectivity index is 1.21. The quantitative estimate of drug-likeness (QED) is 0.177. The van der Waals surface area contributed by atoms with E-state index in [9.17, 15) is 0 Å². The summed E-state index contributed by atoms with van der Waals surface area (Å²) >= 11 is 0. The minimum Gasteiger partial charge on any atom is -0.455 e. The van der Waals surface area contributed by atoms with Gasteiger partial charge in [-0.15, -0.1) is 0 Å². The first-order valence-electron chi connectivity index (χ1n) is 17.6. The number of furan rings is 1. The highest BCUT2D eigenvalue weighted by atomic mass is 16.3. The fourth-order valence-corrected chi connectivity index (χ4v) is 7.55. The van der Waals surface area contributed by atoms with Crippen LogP contribution in [-0.4, -0.2) is 4.98 Å². The summed E-state index contributed by atoms with van der Waals surface area (Å²) in [6, 6.07) is 67.1. The van der Waals surface area contributed by atoms with E-state index >= 15 is 0 Å². The van der Waals surface area contributed by atoms with Crippen LogP contribution in [0.1, 0.15) is 0 Å². The van der Waals surface area contributed by atoms with Gasteiger partial charge in [0.25, 0.3) is 0 Å². The van der Waals surface area contributed by atoms with Crippen LogP contribution in [0.25, 0.3) is 77.0 Å². The molecule has 2 aromatic heterocycles. The highest BCUT2D eigenvalue weighted by Gasteiger charge is 2.19. The van der Waals surface area contributed by atoms with E-state index in [2.05, 4.69) is 192 Å². The largest absolute Gasteiger partial charge is 0.455 e. The SMILES string of the molecule is c1ccc(-c2cccc(N(c3ccc(-c4ccccc4)c(-c4ccc5ccccc5c4)c3)c3ccc4oc5c6cccnc6ccc5c4c3)c2)cc1. The lowest BCUT2D eigenvalue weighted by Gasteiger charge is -2.27. The predicted octanol–water partition coefficient (Wildman–Crippen LogP) is 13.8. The van der Waals surface area contributed by atoms with Crippen LogP contribution in [0, 0.1) is 0 Å². The number of pyridine rings is 1. The topological polar surface area (TPSA) is 29.3 Å². The van der Waals surface area contributed by atoms with Crippen molar-refractivity contribution in [1.29, 1.82) is 0 Å². The van der Waals surface area contributed by atoms with E-state index in [1.165, 1.54) is 38.6 Å². The van der Waals surface area contributed by atoms with Gasteiger partial charge in [-0.1, -0.05) is 115 Å². The van der Waals surface area contributed by atoms with Crippen LogP contribution in [0.4, 0.5) is 17.1 Å². The summed E-state index contributed by atoms with van der Waals surface area (Å²) in [5.74, 6) is 0. The second kappa shape index (κ2) is 12.4. The van der Waals surface area contributed by atoms with Gasteiger partial charge >= 0.3 is 0 Å². The number of rotatable bonds is 6. The van der Waals surface area contributed by atoms with Crippen LogP contribution in [0.15, 0.2) is 199 Å². The molecule has 0 atom stereocenters. The van der Waals surface area contributed by atoms with Gasteiger partial charge in [-0.25, -0.2) is 0 Å². The second-order valence-corrected chi connectivity index (χ2v) is 13.2. The van der Waals surface area contributed by atoms with E-state index in [0.717, 1.165) is 55.5 Å². The van der Waals surface area contributed by atoms with Crippen molar-refractivity contribution in [2.75, 3.05) is 4.90 Å². The first-order chi connectivity index (χ1) is 25.8. The molecule has 0 fully saturated rings. The summed E-state index contributed by atoms with van der Waals surface area (Å²) < 4.78 is 6.51. The summed E-state index contributed by atoms with van der Waals surface area (Å²) in [4.78, 5) is 6.94. The minimum absolute atomic E-state index is 0.851. The summed E-state index contributed by atoms with van der Waals surface area (Å²) in [5, 5.41) is 5.61. The molecule has 0 aliphatic carbocycles. The van der Waals surface area contributed by atoms with E-state index in [-0.39, 0.29) is 0 Å². The van der Waals surface area contributed by atoms with Crippen LogP contribution in [0.3, 0.4) is 0 Å². The molecule has 0 spiro atoms. The monoisotopic (exact) mass is 664 g/mol. The van der Waals surface area contributed by atoms with Gasteiger partial charge in [-0.05, 0) is 117 Å². The average molecular weight is 665 g/mol. The molecule has 10 rings (SSSR count). The van der Waals surface area contributed by atoms with Crippen LogP contribution in [-0.2, 0) is 0 Å². The van der Waals surface area contributed by atoms with E-state index < -0.39 is 0 Å². The van der Waals surface area contributed by atoms with E-state index in [4.69, 9.17) is 4.42 Å². The van der Waals surface area contributed by atoms with Crippen LogP contribution in [0.5, 0.6) is 0 Å². The van der Waals surface area contributed by atoms with Crippen LogP contribution < -0.4 is 4.90 Å². The van der Waals surface area contributed by atoms with Gasteiger partial charge in [-0.3, -0.25) is 4.98 Å². The molecule has 0 N–H and O–H groups in total. The third-order valence-corrected chi connectivity index (χ3v) is 10.1. The fourth-order valence-electron chi connectivity index (χ4n) is 7.55. The highest BCUT2D eigenvalue weighted by molar-refractivity contribution is 6.15. The molecule has 0 aliphatic rings. The molecule has 8 aromatic carbocycles. The Morgan fingerprint density at radius 2 is 1.12 bits per heavy atom. The van der Waals surface area contributed by atoms with Gasteiger partial charge in [0.05, 0.1) is 5.52 Å². The molecule has 2 heterocycles. The lowest BCUT2D eigenvalue weighted by Crippen LogP contribution is -2.10. The number of aromatic nitrogens is 1. The normalized spacial score (nSPS) is 11.5. The number of hydrogen-bond acceptors (Lipinski definition) is 3. The Labute approximate surface area is 301 Å². The maximum Gasteiger partial charge on any atom is 0.144 e. The molecule has 0 saturated carbocycles. The number of benzene rings is 8. The van der Waals surface area contributed by atoms with Crippen molar-refractivity contribution in [2.45, 2.75) is 0 Å². The first kappa shape index (κ1) is 29.9. The average Bonchev–Trinajstić information content (AvgIpc) is 3.60. The Morgan fingerprint density at radius 1 is 0.385 bits per heavy atom. The van der Waals surface area contributed by atoms with Crippen LogP contribution >= 0.6 is 0 Å². The lowest BCUT2D eigenvalue weighted by atomic mass is 9.92. The molecule has 3 nitrogen and oxygen atoms in total. The summed E-state index contributed by atoms with van der Waals surface area (Å²) in [6.07, 6.45) is 1.83. The van der Waals surface area contributed by atoms with Crippen LogP contribution in [0.2, 0.25) is 0 Å². The maximum atomic E-state index is 6.51. The molecule has 0 bridgehead atoms. The van der Waals surface area contributed by atoms with Crippen molar-refractivity contribution in [3.63, 3.8) is 0 Å². The third kappa shape index (κ3) is 5.19. The number of fused-ring (bicyclic) bond motifs is 6. The Bertz CT molecular complexity index is 2910. The summed E-state index contributed by atoms with van der Waals surface area (Å²) in [6.45, 7) is 0. The van der Waals surface area contributed by atoms with Gasteiger partial charge in [0.2, 0.25) is 0 Å². The molecule has 0 saturated heterocycles. The van der Waals surface area contributed by atoms with E-state index in [1.807, 2.05) is 12.3 Å².